The lowest BCUT2D eigenvalue weighted by Crippen LogP contribution is -2.38. The Balaban J connectivity index is 1.35. The molecule has 1 aromatic heterocycles. The van der Waals surface area contributed by atoms with Gasteiger partial charge in [-0.2, -0.15) is 10.4 Å². The number of ether oxygens (including phenoxy) is 2. The first kappa shape index (κ1) is 22.2. The molecule has 0 amide bonds. The van der Waals surface area contributed by atoms with Gasteiger partial charge in [-0.05, 0) is 29.8 Å². The van der Waals surface area contributed by atoms with Gasteiger partial charge < -0.3 is 9.47 Å². The Morgan fingerprint density at radius 1 is 1.18 bits per heavy atom. The van der Waals surface area contributed by atoms with Gasteiger partial charge in [-0.25, -0.2) is 10.4 Å². The minimum absolute atomic E-state index is 0.0417. The van der Waals surface area contributed by atoms with Crippen molar-refractivity contribution >= 4 is 12.2 Å². The predicted molar refractivity (Wildman–Crippen MR) is 125 cm³/mol. The molecule has 2 aromatic carbocycles. The van der Waals surface area contributed by atoms with Crippen LogP contribution in [0.5, 0.6) is 5.75 Å². The third-order valence-corrected chi connectivity index (χ3v) is 5.12. The first-order valence-electron chi connectivity index (χ1n) is 10.6. The quantitative estimate of drug-likeness (QED) is 0.405. The summed E-state index contributed by atoms with van der Waals surface area (Å²) in [5.74, 6) is 0.941. The maximum Gasteiger partial charge on any atom is 0.270 e. The number of anilines is 1. The van der Waals surface area contributed by atoms with Crippen LogP contribution in [0.4, 0.5) is 5.95 Å². The lowest BCUT2D eigenvalue weighted by atomic mass is 10.1. The number of nitriles is 1. The monoisotopic (exact) mass is 444 g/mol. The van der Waals surface area contributed by atoms with Crippen molar-refractivity contribution < 1.29 is 9.47 Å². The average Bonchev–Trinajstić information content (AvgIpc) is 2.86. The van der Waals surface area contributed by atoms with E-state index in [9.17, 15) is 10.1 Å². The molecule has 0 unspecified atom stereocenters. The zero-order chi connectivity index (χ0) is 22.9. The molecule has 9 heteroatoms. The van der Waals surface area contributed by atoms with Crippen molar-refractivity contribution in [3.05, 3.63) is 76.1 Å². The Hall–Kier alpha value is -4.00. The van der Waals surface area contributed by atoms with Crippen LogP contribution in [0.2, 0.25) is 0 Å². The van der Waals surface area contributed by atoms with E-state index >= 15 is 0 Å². The maximum atomic E-state index is 12.3. The van der Waals surface area contributed by atoms with Crippen LogP contribution in [-0.2, 0) is 4.74 Å². The normalized spacial score (nSPS) is 14.2. The van der Waals surface area contributed by atoms with E-state index in [1.807, 2.05) is 48.5 Å². The van der Waals surface area contributed by atoms with E-state index in [0.717, 1.165) is 44.2 Å². The van der Waals surface area contributed by atoms with Gasteiger partial charge in [0.15, 0.2) is 0 Å². The summed E-state index contributed by atoms with van der Waals surface area (Å²) in [7, 11) is 0. The van der Waals surface area contributed by atoms with Crippen molar-refractivity contribution in [1.29, 1.82) is 5.26 Å². The number of benzene rings is 2. The topological polar surface area (TPSA) is 116 Å². The van der Waals surface area contributed by atoms with Gasteiger partial charge in [0, 0.05) is 25.2 Å². The summed E-state index contributed by atoms with van der Waals surface area (Å²) >= 11 is 0. The second-order valence-electron chi connectivity index (χ2n) is 7.36. The lowest BCUT2D eigenvalue weighted by molar-refractivity contribution is 0.0322. The Morgan fingerprint density at radius 3 is 2.67 bits per heavy atom. The van der Waals surface area contributed by atoms with Crippen LogP contribution >= 0.6 is 0 Å². The lowest BCUT2D eigenvalue weighted by Gasteiger charge is -2.26. The Labute approximate surface area is 191 Å². The second-order valence-corrected chi connectivity index (χ2v) is 7.36. The Bertz CT molecular complexity index is 1180. The fourth-order valence-electron chi connectivity index (χ4n) is 3.37. The Kier molecular flexibility index (Phi) is 7.43. The summed E-state index contributed by atoms with van der Waals surface area (Å²) in [5, 5.41) is 13.5. The van der Waals surface area contributed by atoms with Gasteiger partial charge >= 0.3 is 0 Å². The van der Waals surface area contributed by atoms with Gasteiger partial charge in [0.2, 0.25) is 5.95 Å². The molecular formula is C24H24N6O3. The molecule has 2 heterocycles. The van der Waals surface area contributed by atoms with Gasteiger partial charge in [-0.15, -0.1) is 0 Å². The molecule has 1 fully saturated rings. The van der Waals surface area contributed by atoms with E-state index in [0.29, 0.717) is 17.9 Å². The fraction of sp³-hybridized carbons (Fsp3) is 0.250. The molecule has 0 spiro atoms. The molecular weight excluding hydrogens is 420 g/mol. The van der Waals surface area contributed by atoms with Gasteiger partial charge in [0.05, 0.1) is 25.1 Å². The van der Waals surface area contributed by atoms with Crippen LogP contribution in [-0.4, -0.2) is 60.5 Å². The first-order valence-corrected chi connectivity index (χ1v) is 10.6. The van der Waals surface area contributed by atoms with E-state index < -0.39 is 5.56 Å². The SMILES string of the molecule is N#Cc1c(-c2ccccc2)nc(NN=Cc2ccc(OCCN3CCOCC3)cc2)[nH]c1=O. The van der Waals surface area contributed by atoms with E-state index in [1.54, 1.807) is 18.3 Å². The number of aromatic amines is 1. The third-order valence-electron chi connectivity index (χ3n) is 5.12. The smallest absolute Gasteiger partial charge is 0.270 e. The van der Waals surface area contributed by atoms with E-state index in [4.69, 9.17) is 9.47 Å². The van der Waals surface area contributed by atoms with Gasteiger partial charge in [0.25, 0.3) is 5.56 Å². The third kappa shape index (κ3) is 6.04. The van der Waals surface area contributed by atoms with Crippen molar-refractivity contribution in [3.63, 3.8) is 0 Å². The standard InChI is InChI=1S/C24H24N6O3/c25-16-21-22(19-4-2-1-3-5-19)27-24(28-23(21)31)29-26-17-18-6-8-20(9-7-18)33-15-12-30-10-13-32-14-11-30/h1-9,17H,10-15H2,(H2,27,28,29,31). The summed E-state index contributed by atoms with van der Waals surface area (Å²) in [4.78, 5) is 21.5. The molecule has 0 aliphatic carbocycles. The summed E-state index contributed by atoms with van der Waals surface area (Å²) < 4.78 is 11.2. The van der Waals surface area contributed by atoms with Crippen molar-refractivity contribution in [1.82, 2.24) is 14.9 Å². The highest BCUT2D eigenvalue weighted by molar-refractivity contribution is 5.80. The molecule has 0 radical (unpaired) electrons. The highest BCUT2D eigenvalue weighted by Gasteiger charge is 2.13. The zero-order valence-electron chi connectivity index (χ0n) is 18.0. The van der Waals surface area contributed by atoms with Crippen molar-refractivity contribution in [2.24, 2.45) is 5.10 Å². The molecule has 0 saturated carbocycles. The summed E-state index contributed by atoms with van der Waals surface area (Å²) in [5.41, 5.74) is 3.99. The largest absolute Gasteiger partial charge is 0.492 e. The molecule has 168 valence electrons. The van der Waals surface area contributed by atoms with Gasteiger partial charge in [-0.3, -0.25) is 14.7 Å². The fourth-order valence-corrected chi connectivity index (χ4v) is 3.37. The molecule has 3 aromatic rings. The number of nitrogens with one attached hydrogen (secondary N) is 2. The van der Waals surface area contributed by atoms with Crippen molar-refractivity contribution in [2.45, 2.75) is 0 Å². The highest BCUT2D eigenvalue weighted by atomic mass is 16.5. The second kappa shape index (κ2) is 11.0. The number of morpholine rings is 1. The van der Waals surface area contributed by atoms with Crippen LogP contribution in [0.1, 0.15) is 11.1 Å². The summed E-state index contributed by atoms with van der Waals surface area (Å²) in [6.07, 6.45) is 1.61. The number of nitrogens with zero attached hydrogens (tertiary/aromatic N) is 4. The van der Waals surface area contributed by atoms with Gasteiger partial charge in [-0.1, -0.05) is 30.3 Å². The first-order chi connectivity index (χ1) is 16.2. The van der Waals surface area contributed by atoms with Crippen molar-refractivity contribution in [2.75, 3.05) is 44.9 Å². The number of aromatic nitrogens is 2. The molecule has 9 nitrogen and oxygen atoms in total. The predicted octanol–water partition coefficient (Wildman–Crippen LogP) is 2.47. The van der Waals surface area contributed by atoms with Crippen LogP contribution in [0, 0.1) is 11.3 Å². The summed E-state index contributed by atoms with van der Waals surface area (Å²) in [6.45, 7) is 4.94. The minimum atomic E-state index is -0.525. The number of H-pyrrole nitrogens is 1. The molecule has 2 N–H and O–H groups in total. The number of hydrazone groups is 1. The molecule has 1 aliphatic rings. The molecule has 1 saturated heterocycles. The molecule has 33 heavy (non-hydrogen) atoms. The van der Waals surface area contributed by atoms with Crippen LogP contribution in [0.25, 0.3) is 11.3 Å². The maximum absolute atomic E-state index is 12.3. The molecule has 4 rings (SSSR count). The molecule has 0 bridgehead atoms. The van der Waals surface area contributed by atoms with Crippen molar-refractivity contribution in [3.8, 4) is 23.1 Å². The van der Waals surface area contributed by atoms with E-state index in [2.05, 4.69) is 25.4 Å². The van der Waals surface area contributed by atoms with E-state index in [-0.39, 0.29) is 11.5 Å². The number of hydrogen-bond donors (Lipinski definition) is 2. The Morgan fingerprint density at radius 2 is 1.94 bits per heavy atom. The highest BCUT2D eigenvalue weighted by Crippen LogP contribution is 2.19. The molecule has 0 atom stereocenters. The minimum Gasteiger partial charge on any atom is -0.492 e. The van der Waals surface area contributed by atoms with Crippen LogP contribution in [0.15, 0.2) is 64.5 Å². The zero-order valence-corrected chi connectivity index (χ0v) is 18.0. The van der Waals surface area contributed by atoms with E-state index in [1.165, 1.54) is 0 Å². The average molecular weight is 444 g/mol. The van der Waals surface area contributed by atoms with Crippen LogP contribution < -0.4 is 15.7 Å². The number of hydrogen-bond acceptors (Lipinski definition) is 8. The molecule has 1 aliphatic heterocycles. The summed E-state index contributed by atoms with van der Waals surface area (Å²) in [6, 6.07) is 18.5. The number of rotatable bonds is 8. The van der Waals surface area contributed by atoms with Crippen LogP contribution in [0.3, 0.4) is 0 Å². The van der Waals surface area contributed by atoms with Gasteiger partial charge in [0.1, 0.15) is 24.0 Å².